The van der Waals surface area contributed by atoms with Crippen molar-refractivity contribution in [1.82, 2.24) is 0 Å². The Morgan fingerprint density at radius 2 is 1.68 bits per heavy atom. The number of anilines is 1. The molecular formula is C21H15F5N2O3. The number of allylic oxidation sites excluding steroid dienone is 1. The van der Waals surface area contributed by atoms with Gasteiger partial charge in [0.2, 0.25) is 5.82 Å². The van der Waals surface area contributed by atoms with Gasteiger partial charge in [-0.1, -0.05) is 6.08 Å². The van der Waals surface area contributed by atoms with Crippen molar-refractivity contribution in [1.29, 1.82) is 0 Å². The van der Waals surface area contributed by atoms with Crippen LogP contribution in [0.3, 0.4) is 0 Å². The van der Waals surface area contributed by atoms with Gasteiger partial charge in [-0.05, 0) is 37.1 Å². The fourth-order valence-corrected chi connectivity index (χ4v) is 3.02. The molecule has 0 spiro atoms. The number of aromatic hydroxyl groups is 1. The van der Waals surface area contributed by atoms with E-state index in [4.69, 9.17) is 4.74 Å². The lowest BCUT2D eigenvalue weighted by Gasteiger charge is -2.15. The van der Waals surface area contributed by atoms with Gasteiger partial charge in [-0.3, -0.25) is 4.79 Å². The minimum Gasteiger partial charge on any atom is -0.504 e. The quantitative estimate of drug-likeness (QED) is 0.244. The number of methoxy groups -OCH3 is 1. The van der Waals surface area contributed by atoms with Crippen LogP contribution in [0, 0.1) is 29.1 Å². The lowest BCUT2D eigenvalue weighted by molar-refractivity contribution is -0.114. The van der Waals surface area contributed by atoms with E-state index in [-0.39, 0.29) is 34.2 Å². The van der Waals surface area contributed by atoms with E-state index < -0.39 is 40.7 Å². The number of hydrogen-bond donors (Lipinski definition) is 1. The molecule has 0 fully saturated rings. The molecule has 0 unspecified atom stereocenters. The second-order valence-corrected chi connectivity index (χ2v) is 6.50. The highest BCUT2D eigenvalue weighted by atomic mass is 19.2. The molecule has 1 aliphatic rings. The lowest BCUT2D eigenvalue weighted by Crippen LogP contribution is -2.25. The molecule has 2 aromatic rings. The summed E-state index contributed by atoms with van der Waals surface area (Å²) in [6.45, 7) is 4.92. The van der Waals surface area contributed by atoms with Crippen LogP contribution in [-0.4, -0.2) is 23.8 Å². The van der Waals surface area contributed by atoms with Gasteiger partial charge >= 0.3 is 0 Å². The molecule has 2 aromatic carbocycles. The van der Waals surface area contributed by atoms with Crippen molar-refractivity contribution in [3.63, 3.8) is 0 Å². The summed E-state index contributed by atoms with van der Waals surface area (Å²) < 4.78 is 73.8. The predicted molar refractivity (Wildman–Crippen MR) is 103 cm³/mol. The number of phenolic OH excluding ortho intramolecular Hbond substituents is 1. The first-order valence-electron chi connectivity index (χ1n) is 8.76. The third-order valence-corrected chi connectivity index (χ3v) is 4.53. The van der Waals surface area contributed by atoms with Crippen LogP contribution in [0.15, 0.2) is 35.5 Å². The van der Waals surface area contributed by atoms with Crippen molar-refractivity contribution in [3.8, 4) is 11.5 Å². The van der Waals surface area contributed by atoms with Gasteiger partial charge in [0, 0.05) is 5.56 Å². The monoisotopic (exact) mass is 438 g/mol. The summed E-state index contributed by atoms with van der Waals surface area (Å²) in [7, 11) is 1.32. The molecule has 0 saturated carbocycles. The molecule has 1 amide bonds. The molecule has 0 radical (unpaired) electrons. The highest BCUT2D eigenvalue weighted by Gasteiger charge is 2.37. The van der Waals surface area contributed by atoms with Crippen molar-refractivity contribution in [2.24, 2.45) is 5.10 Å². The molecule has 0 aromatic heterocycles. The van der Waals surface area contributed by atoms with Crippen molar-refractivity contribution in [2.75, 3.05) is 12.1 Å². The van der Waals surface area contributed by atoms with E-state index in [1.54, 1.807) is 0 Å². The van der Waals surface area contributed by atoms with Crippen molar-refractivity contribution in [2.45, 2.75) is 13.3 Å². The van der Waals surface area contributed by atoms with E-state index in [2.05, 4.69) is 11.7 Å². The number of halogens is 5. The Hall–Kier alpha value is -3.69. The van der Waals surface area contributed by atoms with Crippen LogP contribution < -0.4 is 9.75 Å². The zero-order valence-electron chi connectivity index (χ0n) is 16.3. The number of amides is 1. The molecule has 0 saturated heterocycles. The van der Waals surface area contributed by atoms with Gasteiger partial charge in [0.05, 0.1) is 18.4 Å². The normalized spacial score (nSPS) is 14.9. The largest absolute Gasteiger partial charge is 0.504 e. The maximum absolute atomic E-state index is 14.1. The Labute approximate surface area is 173 Å². The average Bonchev–Trinajstić information content (AvgIpc) is 3.01. The highest BCUT2D eigenvalue weighted by Crippen LogP contribution is 2.36. The number of nitrogens with zero attached hydrogens (tertiary/aromatic N) is 2. The standard InChI is InChI=1S/C21H15F5N2O3/c1-4-5-11-6-10(8-13(31-3)20(11)29)7-12-9(2)27-28(21(12)30)19-17(25)15(23)14(22)16(24)18(19)26/h4,6-8,29H,1,5H2,2-3H3/b12-7+. The summed E-state index contributed by atoms with van der Waals surface area (Å²) in [5.41, 5.74) is -0.853. The maximum Gasteiger partial charge on any atom is 0.280 e. The third-order valence-electron chi connectivity index (χ3n) is 4.53. The summed E-state index contributed by atoms with van der Waals surface area (Å²) in [4.78, 5) is 12.7. The molecule has 3 rings (SSSR count). The van der Waals surface area contributed by atoms with Gasteiger partial charge in [0.15, 0.2) is 34.8 Å². The Morgan fingerprint density at radius 1 is 1.10 bits per heavy atom. The van der Waals surface area contributed by atoms with Gasteiger partial charge in [-0.15, -0.1) is 6.58 Å². The third kappa shape index (κ3) is 3.65. The molecule has 1 heterocycles. The molecule has 31 heavy (non-hydrogen) atoms. The fraction of sp³-hybridized carbons (Fsp3) is 0.143. The first-order chi connectivity index (χ1) is 14.6. The molecule has 1 N–H and O–H groups in total. The lowest BCUT2D eigenvalue weighted by atomic mass is 10.0. The van der Waals surface area contributed by atoms with Crippen molar-refractivity contribution in [3.05, 3.63) is 70.6 Å². The zero-order valence-corrected chi connectivity index (χ0v) is 16.3. The van der Waals surface area contributed by atoms with Crippen LogP contribution in [0.1, 0.15) is 18.1 Å². The predicted octanol–water partition coefficient (Wildman–Crippen LogP) is 4.63. The van der Waals surface area contributed by atoms with Gasteiger partial charge in [-0.25, -0.2) is 22.0 Å². The molecule has 0 atom stereocenters. The maximum atomic E-state index is 14.1. The Morgan fingerprint density at radius 3 is 2.23 bits per heavy atom. The number of ether oxygens (including phenoxy) is 1. The second-order valence-electron chi connectivity index (χ2n) is 6.50. The molecule has 0 aliphatic carbocycles. The zero-order chi connectivity index (χ0) is 23.0. The van der Waals surface area contributed by atoms with Crippen molar-refractivity contribution < 1.29 is 36.6 Å². The smallest absolute Gasteiger partial charge is 0.280 e. The summed E-state index contributed by atoms with van der Waals surface area (Å²) >= 11 is 0. The van der Waals surface area contributed by atoms with E-state index >= 15 is 0 Å². The number of hydrogen-bond acceptors (Lipinski definition) is 4. The van der Waals surface area contributed by atoms with Crippen LogP contribution in [0.4, 0.5) is 27.6 Å². The molecule has 5 nitrogen and oxygen atoms in total. The number of phenols is 1. The van der Waals surface area contributed by atoms with Gasteiger partial charge in [0.25, 0.3) is 5.91 Å². The molecule has 0 bridgehead atoms. The summed E-state index contributed by atoms with van der Waals surface area (Å²) in [6, 6.07) is 2.92. The van der Waals surface area contributed by atoms with E-state index in [9.17, 15) is 31.9 Å². The Bertz CT molecular complexity index is 1150. The average molecular weight is 438 g/mol. The van der Waals surface area contributed by atoms with Crippen LogP contribution in [-0.2, 0) is 11.2 Å². The molecule has 10 heteroatoms. The van der Waals surface area contributed by atoms with Gasteiger partial charge in [0.1, 0.15) is 5.69 Å². The summed E-state index contributed by atoms with van der Waals surface area (Å²) in [6.07, 6.45) is 3.10. The Kier molecular flexibility index (Phi) is 5.83. The highest BCUT2D eigenvalue weighted by molar-refractivity contribution is 6.32. The van der Waals surface area contributed by atoms with E-state index in [1.807, 2.05) is 0 Å². The van der Waals surface area contributed by atoms with Crippen LogP contribution in [0.25, 0.3) is 6.08 Å². The van der Waals surface area contributed by atoms with E-state index in [1.165, 1.54) is 38.3 Å². The van der Waals surface area contributed by atoms with E-state index in [0.717, 1.165) is 0 Å². The number of rotatable bonds is 5. The minimum atomic E-state index is -2.34. The van der Waals surface area contributed by atoms with Gasteiger partial charge in [-0.2, -0.15) is 10.1 Å². The fourth-order valence-electron chi connectivity index (χ4n) is 3.02. The van der Waals surface area contributed by atoms with Crippen LogP contribution >= 0.6 is 0 Å². The topological polar surface area (TPSA) is 62.1 Å². The summed E-state index contributed by atoms with van der Waals surface area (Å²) in [5.74, 6) is -12.2. The second kappa shape index (κ2) is 8.21. The number of carbonyl (C=O) groups is 1. The number of hydrazone groups is 1. The van der Waals surface area contributed by atoms with Gasteiger partial charge < -0.3 is 9.84 Å². The number of carbonyl (C=O) groups excluding carboxylic acids is 1. The SMILES string of the molecule is C=CCc1cc(/C=C2/C(=O)N(c3c(F)c(F)c(F)c(F)c3F)N=C2C)cc(OC)c1O. The minimum absolute atomic E-state index is 0.0220. The van der Waals surface area contributed by atoms with Crippen LogP contribution in [0.2, 0.25) is 0 Å². The number of benzene rings is 2. The van der Waals surface area contributed by atoms with Crippen LogP contribution in [0.5, 0.6) is 11.5 Å². The Balaban J connectivity index is 2.10. The molecule has 162 valence electrons. The first kappa shape index (κ1) is 22.0. The first-order valence-corrected chi connectivity index (χ1v) is 8.76. The van der Waals surface area contributed by atoms with E-state index in [0.29, 0.717) is 11.1 Å². The summed E-state index contributed by atoms with van der Waals surface area (Å²) in [5, 5.41) is 14.0. The molecular weight excluding hydrogens is 423 g/mol. The van der Waals surface area contributed by atoms with Crippen molar-refractivity contribution >= 4 is 23.4 Å². The molecule has 1 aliphatic heterocycles.